The highest BCUT2D eigenvalue weighted by Gasteiger charge is 2.28. The number of nitrogens with zero attached hydrogens (tertiary/aromatic N) is 3. The minimum Gasteiger partial charge on any atom is -0.318 e. The molecular weight excluding hydrogens is 406 g/mol. The van der Waals surface area contributed by atoms with Crippen molar-refractivity contribution in [2.45, 2.75) is 32.6 Å². The van der Waals surface area contributed by atoms with Gasteiger partial charge in [-0.3, -0.25) is 25.0 Å². The highest BCUT2D eigenvalue weighted by atomic mass is 16.7. The summed E-state index contributed by atoms with van der Waals surface area (Å²) < 4.78 is 0. The summed E-state index contributed by atoms with van der Waals surface area (Å²) in [5.74, 6) is -1.09. The van der Waals surface area contributed by atoms with Crippen LogP contribution in [0.1, 0.15) is 43.0 Å². The molecule has 1 saturated carbocycles. The van der Waals surface area contributed by atoms with Crippen LogP contribution in [0.3, 0.4) is 0 Å². The summed E-state index contributed by atoms with van der Waals surface area (Å²) in [4.78, 5) is 49.7. The van der Waals surface area contributed by atoms with Gasteiger partial charge in [0.15, 0.2) is 0 Å². The van der Waals surface area contributed by atoms with Crippen LogP contribution in [0.5, 0.6) is 0 Å². The first-order valence-electron chi connectivity index (χ1n) is 9.61. The van der Waals surface area contributed by atoms with E-state index in [1.165, 1.54) is 43.3 Å². The zero-order valence-electron chi connectivity index (χ0n) is 16.6. The van der Waals surface area contributed by atoms with E-state index < -0.39 is 21.5 Å². The lowest BCUT2D eigenvalue weighted by molar-refractivity contribution is -0.393. The van der Waals surface area contributed by atoms with Crippen molar-refractivity contribution in [1.29, 1.82) is 0 Å². The Labute approximate surface area is 176 Å². The third-order valence-electron chi connectivity index (χ3n) is 5.09. The molecule has 0 bridgehead atoms. The van der Waals surface area contributed by atoms with E-state index in [0.29, 0.717) is 11.1 Å². The molecule has 31 heavy (non-hydrogen) atoms. The van der Waals surface area contributed by atoms with Gasteiger partial charge in [-0.25, -0.2) is 4.79 Å². The molecule has 2 aromatic rings. The number of hydrogen-bond donors (Lipinski definition) is 0. The van der Waals surface area contributed by atoms with Gasteiger partial charge in [-0.05, 0) is 24.5 Å². The number of hydrogen-bond acceptors (Lipinski definition) is 8. The van der Waals surface area contributed by atoms with Gasteiger partial charge in [0.2, 0.25) is 5.78 Å². The number of ketones is 1. The summed E-state index contributed by atoms with van der Waals surface area (Å²) in [6, 6.07) is 9.45. The van der Waals surface area contributed by atoms with Crippen LogP contribution < -0.4 is 0 Å². The van der Waals surface area contributed by atoms with Crippen molar-refractivity contribution >= 4 is 28.8 Å². The van der Waals surface area contributed by atoms with Gasteiger partial charge in [0, 0.05) is 24.5 Å². The second kappa shape index (κ2) is 9.24. The Morgan fingerprint density at radius 3 is 2.19 bits per heavy atom. The second-order valence-electron chi connectivity index (χ2n) is 7.16. The minimum absolute atomic E-state index is 0.0951. The molecule has 10 nitrogen and oxygen atoms in total. The molecule has 3 rings (SSSR count). The van der Waals surface area contributed by atoms with Crippen molar-refractivity contribution in [1.82, 2.24) is 0 Å². The van der Waals surface area contributed by atoms with Crippen LogP contribution >= 0.6 is 0 Å². The van der Waals surface area contributed by atoms with E-state index in [0.717, 1.165) is 31.7 Å². The molecule has 0 saturated heterocycles. The Hall–Kier alpha value is -3.95. The van der Waals surface area contributed by atoms with E-state index in [2.05, 4.69) is 5.16 Å². The Morgan fingerprint density at radius 2 is 1.65 bits per heavy atom. The number of Topliss-reactive ketones (excluding diaryl/α,β-unsaturated/α-hetero) is 1. The topological polar surface area (TPSA) is 142 Å². The van der Waals surface area contributed by atoms with Crippen LogP contribution in [0.15, 0.2) is 47.6 Å². The summed E-state index contributed by atoms with van der Waals surface area (Å²) in [5, 5.41) is 26.1. The number of non-ortho nitro benzene ring substituents is 1. The van der Waals surface area contributed by atoms with Crippen LogP contribution in [0.25, 0.3) is 11.1 Å². The van der Waals surface area contributed by atoms with Crippen molar-refractivity contribution in [3.05, 3.63) is 68.3 Å². The molecule has 0 aromatic heterocycles. The molecule has 0 atom stereocenters. The van der Waals surface area contributed by atoms with Gasteiger partial charge < -0.3 is 4.84 Å². The SMILES string of the molecule is CC(=O)O/N=C(\C(=O)c1ccc(-c2ccc([N+](=O)[O-])cc2[N+](=O)[O-])cc1)C1CCCC1. The number of carbonyl (C=O) groups is 2. The van der Waals surface area contributed by atoms with Crippen molar-refractivity contribution < 1.29 is 24.3 Å². The number of oxime groups is 1. The Balaban J connectivity index is 1.92. The van der Waals surface area contributed by atoms with E-state index in [-0.39, 0.29) is 28.7 Å². The van der Waals surface area contributed by atoms with Crippen molar-refractivity contribution in [2.24, 2.45) is 11.1 Å². The quantitative estimate of drug-likeness (QED) is 0.209. The molecule has 1 fully saturated rings. The van der Waals surface area contributed by atoms with Crippen molar-refractivity contribution in [2.75, 3.05) is 0 Å². The maximum Gasteiger partial charge on any atom is 0.331 e. The average Bonchev–Trinajstić information content (AvgIpc) is 3.27. The monoisotopic (exact) mass is 425 g/mol. The summed E-state index contributed by atoms with van der Waals surface area (Å²) in [6.07, 6.45) is 3.47. The van der Waals surface area contributed by atoms with Crippen LogP contribution in [0, 0.1) is 26.1 Å². The number of nitro groups is 2. The molecule has 0 N–H and O–H groups in total. The van der Waals surface area contributed by atoms with E-state index in [9.17, 15) is 29.8 Å². The first kappa shape index (κ1) is 21.8. The molecule has 0 heterocycles. The zero-order valence-corrected chi connectivity index (χ0v) is 16.6. The largest absolute Gasteiger partial charge is 0.331 e. The van der Waals surface area contributed by atoms with Gasteiger partial charge in [-0.1, -0.05) is 42.3 Å². The second-order valence-corrected chi connectivity index (χ2v) is 7.16. The van der Waals surface area contributed by atoms with E-state index in [1.54, 1.807) is 0 Å². The molecule has 0 radical (unpaired) electrons. The maximum absolute atomic E-state index is 13.0. The summed E-state index contributed by atoms with van der Waals surface area (Å²) in [6.45, 7) is 1.20. The van der Waals surface area contributed by atoms with Crippen LogP contribution in [-0.2, 0) is 9.63 Å². The number of benzene rings is 2. The Kier molecular flexibility index (Phi) is 6.49. The highest BCUT2D eigenvalue weighted by Crippen LogP contribution is 2.33. The van der Waals surface area contributed by atoms with Crippen LogP contribution in [0.2, 0.25) is 0 Å². The molecule has 1 aliphatic rings. The molecule has 2 aromatic carbocycles. The predicted octanol–water partition coefficient (Wildman–Crippen LogP) is 4.46. The minimum atomic E-state index is -0.703. The normalized spacial score (nSPS) is 14.3. The fourth-order valence-corrected chi connectivity index (χ4v) is 3.59. The smallest absolute Gasteiger partial charge is 0.318 e. The van der Waals surface area contributed by atoms with Gasteiger partial charge in [-0.15, -0.1) is 0 Å². The molecule has 0 spiro atoms. The average molecular weight is 425 g/mol. The summed E-state index contributed by atoms with van der Waals surface area (Å²) >= 11 is 0. The third-order valence-corrected chi connectivity index (χ3v) is 5.09. The van der Waals surface area contributed by atoms with Crippen molar-refractivity contribution in [3.63, 3.8) is 0 Å². The van der Waals surface area contributed by atoms with Crippen LogP contribution in [0.4, 0.5) is 11.4 Å². The van der Waals surface area contributed by atoms with E-state index >= 15 is 0 Å². The summed E-state index contributed by atoms with van der Waals surface area (Å²) in [5.41, 5.74) is 0.311. The Bertz CT molecular complexity index is 1070. The van der Waals surface area contributed by atoms with Gasteiger partial charge >= 0.3 is 5.97 Å². The lowest BCUT2D eigenvalue weighted by Crippen LogP contribution is -2.23. The van der Waals surface area contributed by atoms with E-state index in [4.69, 9.17) is 4.84 Å². The number of rotatable bonds is 7. The lowest BCUT2D eigenvalue weighted by atomic mass is 9.93. The first-order valence-corrected chi connectivity index (χ1v) is 9.61. The predicted molar refractivity (Wildman–Crippen MR) is 111 cm³/mol. The molecule has 0 aliphatic heterocycles. The third kappa shape index (κ3) is 4.97. The molecule has 0 unspecified atom stereocenters. The fraction of sp³-hybridized carbons (Fsp3) is 0.286. The standard InChI is InChI=1S/C21H19N3O7/c1-13(25)31-22-20(15-4-2-3-5-15)21(26)16-8-6-14(7-9-16)18-11-10-17(23(27)28)12-19(18)24(29)30/h6-12,15H,2-5H2,1H3/b22-20-. The number of carbonyl (C=O) groups excluding carboxylic acids is 2. The molecule has 1 aliphatic carbocycles. The van der Waals surface area contributed by atoms with E-state index in [1.807, 2.05) is 0 Å². The van der Waals surface area contributed by atoms with Gasteiger partial charge in [0.05, 0.1) is 21.5 Å². The zero-order chi connectivity index (χ0) is 22.5. The lowest BCUT2D eigenvalue weighted by Gasteiger charge is -2.12. The number of nitro benzene ring substituents is 2. The highest BCUT2D eigenvalue weighted by molar-refractivity contribution is 6.46. The Morgan fingerprint density at radius 1 is 1.00 bits per heavy atom. The van der Waals surface area contributed by atoms with Gasteiger partial charge in [-0.2, -0.15) is 0 Å². The first-order chi connectivity index (χ1) is 14.8. The van der Waals surface area contributed by atoms with Crippen LogP contribution in [-0.4, -0.2) is 27.3 Å². The van der Waals surface area contributed by atoms with Crippen molar-refractivity contribution in [3.8, 4) is 11.1 Å². The fourth-order valence-electron chi connectivity index (χ4n) is 3.59. The van der Waals surface area contributed by atoms with Gasteiger partial charge in [0.25, 0.3) is 11.4 Å². The molecule has 10 heteroatoms. The molecule has 160 valence electrons. The summed E-state index contributed by atoms with van der Waals surface area (Å²) in [7, 11) is 0. The van der Waals surface area contributed by atoms with Gasteiger partial charge in [0.1, 0.15) is 5.71 Å². The molecule has 0 amide bonds. The maximum atomic E-state index is 13.0. The molecular formula is C21H19N3O7.